The zero-order chi connectivity index (χ0) is 10.8. The van der Waals surface area contributed by atoms with Gasteiger partial charge < -0.3 is 10.2 Å². The Balaban J connectivity index is 2.39. The minimum atomic E-state index is 0.744. The molecule has 2 aromatic rings. The van der Waals surface area contributed by atoms with Crippen molar-refractivity contribution in [2.24, 2.45) is 5.73 Å². The average Bonchev–Trinajstić information content (AvgIpc) is 2.52. The van der Waals surface area contributed by atoms with E-state index in [4.69, 9.17) is 10.2 Å². The van der Waals surface area contributed by atoms with Crippen molar-refractivity contribution >= 4 is 11.0 Å². The summed E-state index contributed by atoms with van der Waals surface area (Å²) < 4.78 is 5.69. The second-order valence-electron chi connectivity index (χ2n) is 4.01. The maximum absolute atomic E-state index is 5.69. The molecule has 0 bridgehead atoms. The lowest BCUT2D eigenvalue weighted by Crippen LogP contribution is -2.00. The van der Waals surface area contributed by atoms with E-state index in [9.17, 15) is 0 Å². The highest BCUT2D eigenvalue weighted by molar-refractivity contribution is 5.82. The van der Waals surface area contributed by atoms with Gasteiger partial charge in [-0.15, -0.1) is 0 Å². The highest BCUT2D eigenvalue weighted by Gasteiger charge is 2.06. The standard InChI is InChI=1S/C13H17NO/c1-9-10(2)15-13-8-11(4-3-7-14)5-6-12(9)13/h5-6,8H,3-4,7,14H2,1-2H3. The molecule has 0 fully saturated rings. The molecule has 1 heterocycles. The topological polar surface area (TPSA) is 39.2 Å². The van der Waals surface area contributed by atoms with Crippen LogP contribution in [0.3, 0.4) is 0 Å². The second kappa shape index (κ2) is 4.07. The SMILES string of the molecule is Cc1oc2cc(CCCN)ccc2c1C. The van der Waals surface area contributed by atoms with Crippen LogP contribution < -0.4 is 5.73 Å². The highest BCUT2D eigenvalue weighted by atomic mass is 16.3. The van der Waals surface area contributed by atoms with Crippen molar-refractivity contribution in [2.45, 2.75) is 26.7 Å². The smallest absolute Gasteiger partial charge is 0.134 e. The minimum Gasteiger partial charge on any atom is -0.461 e. The number of nitrogens with two attached hydrogens (primary N) is 1. The van der Waals surface area contributed by atoms with Gasteiger partial charge >= 0.3 is 0 Å². The molecular weight excluding hydrogens is 186 g/mol. The molecule has 0 aliphatic heterocycles. The van der Waals surface area contributed by atoms with E-state index in [-0.39, 0.29) is 0 Å². The molecule has 2 rings (SSSR count). The molecule has 0 spiro atoms. The summed E-state index contributed by atoms with van der Waals surface area (Å²) in [7, 11) is 0. The largest absolute Gasteiger partial charge is 0.461 e. The summed E-state index contributed by atoms with van der Waals surface area (Å²) in [6.45, 7) is 4.85. The second-order valence-corrected chi connectivity index (χ2v) is 4.01. The number of rotatable bonds is 3. The van der Waals surface area contributed by atoms with E-state index in [2.05, 4.69) is 25.1 Å². The zero-order valence-corrected chi connectivity index (χ0v) is 9.34. The Morgan fingerprint density at radius 1 is 1.27 bits per heavy atom. The fourth-order valence-corrected chi connectivity index (χ4v) is 1.85. The lowest BCUT2D eigenvalue weighted by molar-refractivity contribution is 0.574. The fourth-order valence-electron chi connectivity index (χ4n) is 1.85. The Kier molecular flexibility index (Phi) is 2.78. The zero-order valence-electron chi connectivity index (χ0n) is 9.34. The van der Waals surface area contributed by atoms with E-state index in [0.717, 1.165) is 30.7 Å². The van der Waals surface area contributed by atoms with Crippen LogP contribution in [0.5, 0.6) is 0 Å². The first-order valence-corrected chi connectivity index (χ1v) is 5.41. The number of aryl methyl sites for hydroxylation is 3. The van der Waals surface area contributed by atoms with Gasteiger partial charge in [-0.3, -0.25) is 0 Å². The summed E-state index contributed by atoms with van der Waals surface area (Å²) in [6, 6.07) is 6.44. The normalized spacial score (nSPS) is 11.1. The molecule has 2 heteroatoms. The van der Waals surface area contributed by atoms with Crippen LogP contribution in [-0.4, -0.2) is 6.54 Å². The quantitative estimate of drug-likeness (QED) is 0.833. The third-order valence-corrected chi connectivity index (χ3v) is 2.91. The summed E-state index contributed by atoms with van der Waals surface area (Å²) in [4.78, 5) is 0. The van der Waals surface area contributed by atoms with E-state index in [1.807, 2.05) is 6.92 Å². The molecule has 1 aromatic heterocycles. The Morgan fingerprint density at radius 2 is 2.07 bits per heavy atom. The van der Waals surface area contributed by atoms with Crippen LogP contribution in [0.4, 0.5) is 0 Å². The molecule has 80 valence electrons. The van der Waals surface area contributed by atoms with E-state index in [0.29, 0.717) is 0 Å². The van der Waals surface area contributed by atoms with Gasteiger partial charge in [0.2, 0.25) is 0 Å². The predicted octanol–water partition coefficient (Wildman–Crippen LogP) is 2.94. The van der Waals surface area contributed by atoms with Gasteiger partial charge in [-0.05, 0) is 50.4 Å². The molecule has 0 atom stereocenters. The van der Waals surface area contributed by atoms with Gasteiger partial charge in [0, 0.05) is 5.39 Å². The van der Waals surface area contributed by atoms with Crippen molar-refractivity contribution in [3.8, 4) is 0 Å². The predicted molar refractivity (Wildman–Crippen MR) is 63.1 cm³/mol. The van der Waals surface area contributed by atoms with E-state index in [1.54, 1.807) is 0 Å². The minimum absolute atomic E-state index is 0.744. The molecule has 2 N–H and O–H groups in total. The van der Waals surface area contributed by atoms with Gasteiger partial charge in [-0.25, -0.2) is 0 Å². The number of furan rings is 1. The summed E-state index contributed by atoms with van der Waals surface area (Å²) in [5, 5.41) is 1.23. The first-order chi connectivity index (χ1) is 7.22. The number of hydrogen-bond acceptors (Lipinski definition) is 2. The molecule has 15 heavy (non-hydrogen) atoms. The Bertz CT molecular complexity index is 471. The molecule has 0 unspecified atom stereocenters. The van der Waals surface area contributed by atoms with Crippen molar-refractivity contribution in [3.05, 3.63) is 35.1 Å². The van der Waals surface area contributed by atoms with Crippen molar-refractivity contribution in [2.75, 3.05) is 6.54 Å². The molecule has 1 aromatic carbocycles. The maximum atomic E-state index is 5.69. The average molecular weight is 203 g/mol. The van der Waals surface area contributed by atoms with Crippen LogP contribution in [0.15, 0.2) is 22.6 Å². The summed E-state index contributed by atoms with van der Waals surface area (Å²) in [5.74, 6) is 1.01. The van der Waals surface area contributed by atoms with Gasteiger partial charge in [-0.1, -0.05) is 12.1 Å². The first-order valence-electron chi connectivity index (χ1n) is 5.41. The maximum Gasteiger partial charge on any atom is 0.134 e. The molecule has 0 aliphatic rings. The van der Waals surface area contributed by atoms with Gasteiger partial charge in [0.25, 0.3) is 0 Å². The van der Waals surface area contributed by atoms with Crippen LogP contribution >= 0.6 is 0 Å². The van der Waals surface area contributed by atoms with Crippen LogP contribution in [-0.2, 0) is 6.42 Å². The van der Waals surface area contributed by atoms with Crippen molar-refractivity contribution in [1.82, 2.24) is 0 Å². The van der Waals surface area contributed by atoms with E-state index >= 15 is 0 Å². The van der Waals surface area contributed by atoms with Crippen molar-refractivity contribution in [3.63, 3.8) is 0 Å². The van der Waals surface area contributed by atoms with Gasteiger partial charge in [0.05, 0.1) is 0 Å². The molecule has 0 radical (unpaired) electrons. The number of hydrogen-bond donors (Lipinski definition) is 1. The van der Waals surface area contributed by atoms with Crippen LogP contribution in [0, 0.1) is 13.8 Å². The number of fused-ring (bicyclic) bond motifs is 1. The van der Waals surface area contributed by atoms with Crippen molar-refractivity contribution < 1.29 is 4.42 Å². The number of benzene rings is 1. The van der Waals surface area contributed by atoms with Crippen LogP contribution in [0.2, 0.25) is 0 Å². The summed E-state index contributed by atoms with van der Waals surface area (Å²) >= 11 is 0. The molecule has 0 saturated carbocycles. The fraction of sp³-hybridized carbons (Fsp3) is 0.385. The third kappa shape index (κ3) is 1.90. The summed E-state index contributed by atoms with van der Waals surface area (Å²) in [5.41, 5.74) is 9.05. The molecule has 0 aliphatic carbocycles. The van der Waals surface area contributed by atoms with Crippen LogP contribution in [0.25, 0.3) is 11.0 Å². The first kappa shape index (κ1) is 10.2. The Hall–Kier alpha value is -1.28. The van der Waals surface area contributed by atoms with Gasteiger partial charge in [-0.2, -0.15) is 0 Å². The molecular formula is C13H17NO. The Morgan fingerprint density at radius 3 is 2.80 bits per heavy atom. The highest BCUT2D eigenvalue weighted by Crippen LogP contribution is 2.25. The Labute approximate surface area is 90.1 Å². The lowest BCUT2D eigenvalue weighted by atomic mass is 10.1. The van der Waals surface area contributed by atoms with Crippen molar-refractivity contribution in [1.29, 1.82) is 0 Å². The van der Waals surface area contributed by atoms with Gasteiger partial charge in [0.1, 0.15) is 11.3 Å². The van der Waals surface area contributed by atoms with Crippen LogP contribution in [0.1, 0.15) is 23.3 Å². The monoisotopic (exact) mass is 203 g/mol. The third-order valence-electron chi connectivity index (χ3n) is 2.91. The van der Waals surface area contributed by atoms with Gasteiger partial charge in [0.15, 0.2) is 0 Å². The van der Waals surface area contributed by atoms with E-state index in [1.165, 1.54) is 16.5 Å². The van der Waals surface area contributed by atoms with E-state index < -0.39 is 0 Å². The summed E-state index contributed by atoms with van der Waals surface area (Å²) in [6.07, 6.45) is 2.06. The lowest BCUT2D eigenvalue weighted by Gasteiger charge is -1.99. The molecule has 0 amide bonds. The molecule has 0 saturated heterocycles. The molecule has 2 nitrogen and oxygen atoms in total.